The summed E-state index contributed by atoms with van der Waals surface area (Å²) in [6.45, 7) is 5.30. The molecule has 4 aliphatic rings. The summed E-state index contributed by atoms with van der Waals surface area (Å²) in [5.74, 6) is 3.47. The van der Waals surface area contributed by atoms with Crippen molar-refractivity contribution in [1.82, 2.24) is 4.90 Å². The van der Waals surface area contributed by atoms with E-state index in [1.165, 1.54) is 45.2 Å². The molecule has 0 spiro atoms. The summed E-state index contributed by atoms with van der Waals surface area (Å²) >= 11 is 0. The van der Waals surface area contributed by atoms with Crippen LogP contribution in [0.1, 0.15) is 39.0 Å². The first-order valence-electron chi connectivity index (χ1n) is 7.13. The molecule has 3 saturated heterocycles. The van der Waals surface area contributed by atoms with Gasteiger partial charge in [-0.15, -0.1) is 0 Å². The molecule has 0 aromatic rings. The normalized spacial score (nSPS) is 48.0. The molecule has 92 valence electrons. The molecule has 3 heterocycles. The van der Waals surface area contributed by atoms with Gasteiger partial charge < -0.3 is 10.0 Å². The van der Waals surface area contributed by atoms with Gasteiger partial charge in [0.1, 0.15) is 0 Å². The first kappa shape index (κ1) is 11.0. The van der Waals surface area contributed by atoms with Crippen molar-refractivity contribution in [2.24, 2.45) is 23.7 Å². The van der Waals surface area contributed by atoms with Gasteiger partial charge in [-0.25, -0.2) is 0 Å². The van der Waals surface area contributed by atoms with Gasteiger partial charge in [0.15, 0.2) is 0 Å². The molecule has 16 heavy (non-hydrogen) atoms. The molecule has 2 nitrogen and oxygen atoms in total. The Morgan fingerprint density at radius 3 is 2.62 bits per heavy atom. The highest BCUT2D eigenvalue weighted by atomic mass is 16.3. The van der Waals surface area contributed by atoms with E-state index in [9.17, 15) is 0 Å². The number of hydrogen-bond donors (Lipinski definition) is 1. The molecule has 2 heteroatoms. The maximum Gasteiger partial charge on any atom is 0.0456 e. The van der Waals surface area contributed by atoms with Crippen molar-refractivity contribution in [3.8, 4) is 0 Å². The molecule has 4 atom stereocenters. The Balaban J connectivity index is 1.63. The van der Waals surface area contributed by atoms with Crippen LogP contribution in [0.5, 0.6) is 0 Å². The SMILES string of the molecule is CC(CO)CC1CC2C3CCN(CC3)C2C1. The van der Waals surface area contributed by atoms with E-state index in [0.717, 1.165) is 23.8 Å². The summed E-state index contributed by atoms with van der Waals surface area (Å²) in [4.78, 5) is 2.76. The van der Waals surface area contributed by atoms with Crippen molar-refractivity contribution in [2.75, 3.05) is 19.7 Å². The number of nitrogens with zero attached hydrogens (tertiary/aromatic N) is 1. The van der Waals surface area contributed by atoms with Crippen LogP contribution in [-0.4, -0.2) is 35.7 Å². The first-order chi connectivity index (χ1) is 7.78. The molecule has 3 aliphatic heterocycles. The maximum absolute atomic E-state index is 9.16. The number of aliphatic hydroxyl groups is 1. The highest BCUT2D eigenvalue weighted by Crippen LogP contribution is 2.49. The Morgan fingerprint density at radius 1 is 1.25 bits per heavy atom. The third-order valence-corrected chi connectivity index (χ3v) is 5.37. The van der Waals surface area contributed by atoms with E-state index in [-0.39, 0.29) is 0 Å². The molecule has 0 aromatic heterocycles. The molecule has 1 aliphatic carbocycles. The Hall–Kier alpha value is -0.0800. The zero-order chi connectivity index (χ0) is 11.1. The summed E-state index contributed by atoms with van der Waals surface area (Å²) in [7, 11) is 0. The van der Waals surface area contributed by atoms with Crippen LogP contribution in [0.2, 0.25) is 0 Å². The topological polar surface area (TPSA) is 23.5 Å². The van der Waals surface area contributed by atoms with Crippen molar-refractivity contribution in [2.45, 2.75) is 45.1 Å². The lowest BCUT2D eigenvalue weighted by Gasteiger charge is -2.48. The number of hydrogen-bond acceptors (Lipinski definition) is 2. The second-order valence-electron chi connectivity index (χ2n) is 6.47. The standard InChI is InChI=1S/C14H25NO/c1-10(9-16)6-11-7-13-12-2-4-15(5-3-12)14(13)8-11/h10-14,16H,2-9H2,1H3. The molecule has 0 amide bonds. The number of piperidine rings is 3. The lowest BCUT2D eigenvalue weighted by molar-refractivity contribution is 0.00792. The monoisotopic (exact) mass is 223 g/mol. The lowest BCUT2D eigenvalue weighted by Crippen LogP contribution is -2.52. The van der Waals surface area contributed by atoms with Crippen LogP contribution in [0.25, 0.3) is 0 Å². The van der Waals surface area contributed by atoms with E-state index in [1.807, 2.05) is 0 Å². The molecule has 1 saturated carbocycles. The molecule has 4 fully saturated rings. The van der Waals surface area contributed by atoms with Crippen molar-refractivity contribution in [3.63, 3.8) is 0 Å². The Kier molecular flexibility index (Phi) is 2.97. The number of fused-ring (bicyclic) bond motifs is 2. The van der Waals surface area contributed by atoms with Gasteiger partial charge in [0.25, 0.3) is 0 Å². The molecule has 0 aromatic carbocycles. The predicted octanol–water partition coefficient (Wildman–Crippen LogP) is 2.13. The van der Waals surface area contributed by atoms with E-state index in [4.69, 9.17) is 5.11 Å². The Bertz CT molecular complexity index is 227. The minimum Gasteiger partial charge on any atom is -0.396 e. The van der Waals surface area contributed by atoms with Crippen LogP contribution < -0.4 is 0 Å². The molecular weight excluding hydrogens is 198 g/mol. The van der Waals surface area contributed by atoms with Gasteiger partial charge >= 0.3 is 0 Å². The van der Waals surface area contributed by atoms with Gasteiger partial charge in [0, 0.05) is 12.6 Å². The van der Waals surface area contributed by atoms with E-state index in [1.54, 1.807) is 0 Å². The van der Waals surface area contributed by atoms with Crippen LogP contribution >= 0.6 is 0 Å². The predicted molar refractivity (Wildman–Crippen MR) is 65.2 cm³/mol. The third kappa shape index (κ3) is 1.80. The van der Waals surface area contributed by atoms with E-state index in [2.05, 4.69) is 11.8 Å². The minimum atomic E-state index is 0.374. The number of aliphatic hydroxyl groups excluding tert-OH is 1. The van der Waals surface area contributed by atoms with E-state index in [0.29, 0.717) is 12.5 Å². The molecule has 2 bridgehead atoms. The largest absolute Gasteiger partial charge is 0.396 e. The number of rotatable bonds is 3. The smallest absolute Gasteiger partial charge is 0.0456 e. The Labute approximate surface area is 99.0 Å². The van der Waals surface area contributed by atoms with Crippen LogP contribution in [0.3, 0.4) is 0 Å². The minimum absolute atomic E-state index is 0.374. The average Bonchev–Trinajstić information content (AvgIpc) is 2.75. The van der Waals surface area contributed by atoms with Gasteiger partial charge in [0.2, 0.25) is 0 Å². The van der Waals surface area contributed by atoms with Crippen molar-refractivity contribution in [1.29, 1.82) is 0 Å². The highest BCUT2D eigenvalue weighted by Gasteiger charge is 2.47. The summed E-state index contributed by atoms with van der Waals surface area (Å²) in [6.07, 6.45) is 7.05. The van der Waals surface area contributed by atoms with E-state index >= 15 is 0 Å². The fourth-order valence-corrected chi connectivity index (χ4v) is 4.60. The van der Waals surface area contributed by atoms with Gasteiger partial charge in [-0.05, 0) is 68.9 Å². The van der Waals surface area contributed by atoms with Crippen LogP contribution in [0, 0.1) is 23.7 Å². The first-order valence-corrected chi connectivity index (χ1v) is 7.13. The fourth-order valence-electron chi connectivity index (χ4n) is 4.60. The molecule has 0 radical (unpaired) electrons. The summed E-state index contributed by atoms with van der Waals surface area (Å²) in [6, 6.07) is 0.920. The summed E-state index contributed by atoms with van der Waals surface area (Å²) < 4.78 is 0. The second kappa shape index (κ2) is 4.30. The highest BCUT2D eigenvalue weighted by molar-refractivity contribution is 5.00. The van der Waals surface area contributed by atoms with Gasteiger partial charge in [-0.2, -0.15) is 0 Å². The van der Waals surface area contributed by atoms with Gasteiger partial charge in [-0.1, -0.05) is 6.92 Å². The third-order valence-electron chi connectivity index (χ3n) is 5.37. The van der Waals surface area contributed by atoms with Crippen LogP contribution in [0.15, 0.2) is 0 Å². The second-order valence-corrected chi connectivity index (χ2v) is 6.47. The summed E-state index contributed by atoms with van der Waals surface area (Å²) in [5, 5.41) is 9.16. The maximum atomic E-state index is 9.16. The lowest BCUT2D eigenvalue weighted by atomic mass is 9.75. The molecular formula is C14H25NO. The van der Waals surface area contributed by atoms with Crippen LogP contribution in [-0.2, 0) is 0 Å². The van der Waals surface area contributed by atoms with Crippen molar-refractivity contribution < 1.29 is 5.11 Å². The Morgan fingerprint density at radius 2 is 2.00 bits per heavy atom. The zero-order valence-corrected chi connectivity index (χ0v) is 10.4. The van der Waals surface area contributed by atoms with Gasteiger partial charge in [-0.3, -0.25) is 0 Å². The average molecular weight is 223 g/mol. The fraction of sp³-hybridized carbons (Fsp3) is 1.00. The zero-order valence-electron chi connectivity index (χ0n) is 10.4. The molecule has 1 N–H and O–H groups in total. The molecule has 4 unspecified atom stereocenters. The van der Waals surface area contributed by atoms with Crippen molar-refractivity contribution >= 4 is 0 Å². The van der Waals surface area contributed by atoms with Crippen LogP contribution in [0.4, 0.5) is 0 Å². The van der Waals surface area contributed by atoms with Gasteiger partial charge in [0.05, 0.1) is 0 Å². The molecule has 4 rings (SSSR count). The quantitative estimate of drug-likeness (QED) is 0.792. The van der Waals surface area contributed by atoms with E-state index < -0.39 is 0 Å². The summed E-state index contributed by atoms with van der Waals surface area (Å²) in [5.41, 5.74) is 0. The van der Waals surface area contributed by atoms with Crippen molar-refractivity contribution in [3.05, 3.63) is 0 Å².